The minimum absolute atomic E-state index is 0.205. The quantitative estimate of drug-likeness (QED) is 0.0775. The molecule has 0 aromatic heterocycles. The molecule has 2 aromatic carbocycles. The monoisotopic (exact) mass is 510 g/mol. The Morgan fingerprint density at radius 2 is 1.35 bits per heavy atom. The molecule has 206 valence electrons. The zero-order chi connectivity index (χ0) is 26.8. The van der Waals surface area contributed by atoms with E-state index in [0.717, 1.165) is 29.7 Å². The molecule has 0 amide bonds. The average Bonchev–Trinajstić information content (AvgIpc) is 2.89. The fourth-order valence-corrected chi connectivity index (χ4v) is 4.65. The minimum Gasteiger partial charge on any atom is -0.455 e. The number of rotatable bonds is 20. The fourth-order valence-electron chi connectivity index (χ4n) is 4.65. The van der Waals surface area contributed by atoms with Crippen molar-refractivity contribution in [3.05, 3.63) is 65.7 Å². The predicted octanol–water partition coefficient (Wildman–Crippen LogP) is 8.47. The van der Waals surface area contributed by atoms with Crippen LogP contribution >= 0.6 is 0 Å². The topological polar surface area (TPSA) is 35.5 Å². The molecule has 2 aromatic rings. The highest BCUT2D eigenvalue weighted by Gasteiger charge is 2.21. The maximum Gasteiger partial charge on any atom is 0.314 e. The number of carbonyl (C=O) groups is 1. The van der Waals surface area contributed by atoms with Crippen LogP contribution in [-0.4, -0.2) is 37.4 Å². The van der Waals surface area contributed by atoms with Gasteiger partial charge in [0.1, 0.15) is 12.3 Å². The molecule has 0 bridgehead atoms. The Morgan fingerprint density at radius 3 is 1.95 bits per heavy atom. The van der Waals surface area contributed by atoms with E-state index in [1.54, 1.807) is 0 Å². The van der Waals surface area contributed by atoms with E-state index in [2.05, 4.69) is 57.4 Å². The van der Waals surface area contributed by atoms with Crippen LogP contribution in [0.3, 0.4) is 0 Å². The van der Waals surface area contributed by atoms with E-state index in [4.69, 9.17) is 9.47 Å². The van der Waals surface area contributed by atoms with Crippen molar-refractivity contribution in [3.63, 3.8) is 0 Å². The first-order valence-electron chi connectivity index (χ1n) is 14.7. The maximum absolute atomic E-state index is 12.5. The van der Waals surface area contributed by atoms with Crippen LogP contribution in [0.5, 0.6) is 5.75 Å². The van der Waals surface area contributed by atoms with Gasteiger partial charge in [0.25, 0.3) is 0 Å². The van der Waals surface area contributed by atoms with Crippen molar-refractivity contribution >= 4 is 5.97 Å². The van der Waals surface area contributed by atoms with Gasteiger partial charge in [-0.1, -0.05) is 114 Å². The maximum atomic E-state index is 12.5. The number of benzene rings is 2. The van der Waals surface area contributed by atoms with E-state index in [1.807, 2.05) is 25.1 Å². The summed E-state index contributed by atoms with van der Waals surface area (Å²) in [5, 5.41) is 0. The van der Waals surface area contributed by atoms with E-state index < -0.39 is 6.29 Å². The van der Waals surface area contributed by atoms with Gasteiger partial charge in [0.05, 0.1) is 27.1 Å². The summed E-state index contributed by atoms with van der Waals surface area (Å²) in [4.78, 5) is 12.5. The smallest absolute Gasteiger partial charge is 0.314 e. The number of aryl methyl sites for hydroxylation is 1. The van der Waals surface area contributed by atoms with Crippen LogP contribution in [0, 0.1) is 0 Å². The van der Waals surface area contributed by atoms with Crippen LogP contribution < -0.4 is 4.74 Å². The highest BCUT2D eigenvalue weighted by atomic mass is 16.7. The molecule has 0 aliphatic carbocycles. The van der Waals surface area contributed by atoms with Crippen molar-refractivity contribution in [2.24, 2.45) is 0 Å². The second-order valence-electron chi connectivity index (χ2n) is 11.1. The zero-order valence-electron chi connectivity index (χ0n) is 24.1. The molecule has 0 aliphatic rings. The summed E-state index contributed by atoms with van der Waals surface area (Å²) < 4.78 is 12.4. The molecule has 0 saturated carbocycles. The molecular formula is C33H52NO3+. The Morgan fingerprint density at radius 1 is 0.757 bits per heavy atom. The third-order valence-electron chi connectivity index (χ3n) is 6.98. The Balaban J connectivity index is 1.63. The first-order chi connectivity index (χ1) is 17.9. The molecule has 0 radical (unpaired) electrons. The summed E-state index contributed by atoms with van der Waals surface area (Å²) in [7, 11) is 4.29. The molecule has 0 saturated heterocycles. The van der Waals surface area contributed by atoms with Crippen molar-refractivity contribution in [1.82, 2.24) is 0 Å². The van der Waals surface area contributed by atoms with Gasteiger partial charge >= 0.3 is 5.97 Å². The summed E-state index contributed by atoms with van der Waals surface area (Å²) in [5.41, 5.74) is 2.61. The van der Waals surface area contributed by atoms with E-state index >= 15 is 0 Å². The third kappa shape index (κ3) is 14.3. The first kappa shape index (κ1) is 30.9. The van der Waals surface area contributed by atoms with Crippen molar-refractivity contribution in [2.45, 2.75) is 110 Å². The van der Waals surface area contributed by atoms with E-state index in [-0.39, 0.29) is 5.97 Å². The molecule has 0 spiro atoms. The van der Waals surface area contributed by atoms with Crippen molar-refractivity contribution in [2.75, 3.05) is 20.6 Å². The van der Waals surface area contributed by atoms with Gasteiger partial charge in [-0.2, -0.15) is 0 Å². The molecule has 37 heavy (non-hydrogen) atoms. The van der Waals surface area contributed by atoms with E-state index in [1.165, 1.54) is 75.3 Å². The molecule has 2 rings (SSSR count). The van der Waals surface area contributed by atoms with Crippen LogP contribution in [0.4, 0.5) is 0 Å². The van der Waals surface area contributed by atoms with Gasteiger partial charge in [0.2, 0.25) is 6.29 Å². The van der Waals surface area contributed by atoms with Gasteiger partial charge in [0, 0.05) is 12.0 Å². The van der Waals surface area contributed by atoms with Crippen LogP contribution in [-0.2, 0) is 22.5 Å². The van der Waals surface area contributed by atoms with Gasteiger partial charge in [0.15, 0.2) is 0 Å². The molecule has 0 fully saturated rings. The van der Waals surface area contributed by atoms with Crippen LogP contribution in [0.1, 0.15) is 102 Å². The molecule has 4 nitrogen and oxygen atoms in total. The van der Waals surface area contributed by atoms with Crippen LogP contribution in [0.15, 0.2) is 54.6 Å². The number of carbonyl (C=O) groups excluding carboxylic acids is 1. The van der Waals surface area contributed by atoms with Gasteiger partial charge < -0.3 is 14.0 Å². The van der Waals surface area contributed by atoms with Crippen molar-refractivity contribution < 1.29 is 18.8 Å². The highest BCUT2D eigenvalue weighted by Crippen LogP contribution is 2.19. The summed E-state index contributed by atoms with van der Waals surface area (Å²) >= 11 is 0. The number of nitrogens with zero attached hydrogens (tertiary/aromatic N) is 1. The highest BCUT2D eigenvalue weighted by molar-refractivity contribution is 5.69. The Hall–Kier alpha value is -2.33. The van der Waals surface area contributed by atoms with Crippen molar-refractivity contribution in [1.29, 1.82) is 0 Å². The molecule has 4 heteroatoms. The summed E-state index contributed by atoms with van der Waals surface area (Å²) in [6.07, 6.45) is 15.2. The lowest BCUT2D eigenvalue weighted by atomic mass is 10.0. The van der Waals surface area contributed by atoms with Crippen LogP contribution in [0.25, 0.3) is 0 Å². The second kappa shape index (κ2) is 18.0. The number of hydrogen-bond donors (Lipinski definition) is 0. The number of ether oxygens (including phenoxy) is 2. The summed E-state index contributed by atoms with van der Waals surface area (Å²) in [6.45, 7) is 5.86. The fraction of sp³-hybridized carbons (Fsp3) is 0.606. The van der Waals surface area contributed by atoms with Gasteiger partial charge in [-0.25, -0.2) is 0 Å². The first-order valence-corrected chi connectivity index (χ1v) is 14.7. The standard InChI is InChI=1S/C33H52NO3/c1-5-7-8-9-10-11-12-13-14-16-19-29-22-24-31(25-23-29)36-33(6-2)37-32(35)26-27-34(3,4)28-30-20-17-15-18-21-30/h15,17-18,20-25,33H,5-14,16,19,26-28H2,1-4H3/q+1. The third-order valence-corrected chi connectivity index (χ3v) is 6.98. The van der Waals surface area contributed by atoms with Gasteiger partial charge in [-0.3, -0.25) is 4.79 Å². The SMILES string of the molecule is CCCCCCCCCCCCc1ccc(OC(CC)OC(=O)CC[N+](C)(C)Cc2ccccc2)cc1. The molecule has 0 N–H and O–H groups in total. The van der Waals surface area contributed by atoms with E-state index in [9.17, 15) is 4.79 Å². The zero-order valence-corrected chi connectivity index (χ0v) is 24.1. The van der Waals surface area contributed by atoms with Gasteiger partial charge in [-0.15, -0.1) is 0 Å². The molecule has 1 atom stereocenters. The largest absolute Gasteiger partial charge is 0.455 e. The number of quaternary nitrogens is 1. The molecule has 1 unspecified atom stereocenters. The molecule has 0 aliphatic heterocycles. The Bertz CT molecular complexity index is 848. The number of esters is 1. The minimum atomic E-state index is -0.551. The normalized spacial score (nSPS) is 12.3. The second-order valence-corrected chi connectivity index (χ2v) is 11.1. The predicted molar refractivity (Wildman–Crippen MR) is 155 cm³/mol. The lowest BCUT2D eigenvalue weighted by Crippen LogP contribution is -2.41. The summed E-state index contributed by atoms with van der Waals surface area (Å²) in [6, 6.07) is 18.7. The van der Waals surface area contributed by atoms with E-state index in [0.29, 0.717) is 12.8 Å². The van der Waals surface area contributed by atoms with Crippen LogP contribution in [0.2, 0.25) is 0 Å². The average molecular weight is 511 g/mol. The Labute approximate surface area is 227 Å². The number of unbranched alkanes of at least 4 members (excludes halogenated alkanes) is 9. The summed E-state index contributed by atoms with van der Waals surface area (Å²) in [5.74, 6) is 0.551. The lowest BCUT2D eigenvalue weighted by Gasteiger charge is -2.29. The Kier molecular flexibility index (Phi) is 15.0. The number of hydrogen-bond acceptors (Lipinski definition) is 3. The molecular weight excluding hydrogens is 458 g/mol. The van der Waals surface area contributed by atoms with Crippen molar-refractivity contribution in [3.8, 4) is 5.75 Å². The lowest BCUT2D eigenvalue weighted by molar-refractivity contribution is -0.903. The van der Waals surface area contributed by atoms with Gasteiger partial charge in [-0.05, 0) is 30.5 Å². The molecule has 0 heterocycles.